The summed E-state index contributed by atoms with van der Waals surface area (Å²) in [5.74, 6) is 9.54. The van der Waals surface area contributed by atoms with Gasteiger partial charge in [0.25, 0.3) is 0 Å². The zero-order valence-electron chi connectivity index (χ0n) is 32.2. The second-order valence-corrected chi connectivity index (χ2v) is 17.7. The van der Waals surface area contributed by atoms with Crippen LogP contribution in [0.15, 0.2) is 12.2 Å². The van der Waals surface area contributed by atoms with E-state index in [4.69, 9.17) is 4.74 Å². The van der Waals surface area contributed by atoms with Crippen molar-refractivity contribution >= 4 is 5.97 Å². The van der Waals surface area contributed by atoms with E-state index >= 15 is 0 Å². The molecule has 10 atom stereocenters. The average Bonchev–Trinajstić information content (AvgIpc) is 3.51. The van der Waals surface area contributed by atoms with Gasteiger partial charge in [-0.3, -0.25) is 4.79 Å². The van der Waals surface area contributed by atoms with E-state index in [-0.39, 0.29) is 12.1 Å². The molecule has 0 aliphatic heterocycles. The van der Waals surface area contributed by atoms with Gasteiger partial charge >= 0.3 is 5.97 Å². The van der Waals surface area contributed by atoms with Crippen LogP contribution in [0.1, 0.15) is 202 Å². The molecular weight excluding hydrogens is 572 g/mol. The summed E-state index contributed by atoms with van der Waals surface area (Å²) in [5.41, 5.74) is 0. The lowest BCUT2D eigenvalue weighted by atomic mass is 9.53. The fourth-order valence-electron chi connectivity index (χ4n) is 11.6. The number of hydrogen-bond donors (Lipinski definition) is 0. The lowest BCUT2D eigenvalue weighted by Gasteiger charge is -2.53. The van der Waals surface area contributed by atoms with Gasteiger partial charge in [0.05, 0.1) is 0 Å². The van der Waals surface area contributed by atoms with Gasteiger partial charge < -0.3 is 4.74 Å². The first kappa shape index (κ1) is 39.0. The van der Waals surface area contributed by atoms with Crippen molar-refractivity contribution in [3.63, 3.8) is 0 Å². The first-order valence-corrected chi connectivity index (χ1v) is 21.8. The Morgan fingerprint density at radius 2 is 1.21 bits per heavy atom. The number of esters is 1. The Morgan fingerprint density at radius 1 is 0.638 bits per heavy atom. The summed E-state index contributed by atoms with van der Waals surface area (Å²) in [6.07, 6.45) is 39.3. The smallest absolute Gasteiger partial charge is 0.306 e. The van der Waals surface area contributed by atoms with Gasteiger partial charge in [-0.15, -0.1) is 0 Å². The Morgan fingerprint density at radius 3 is 1.91 bits per heavy atom. The van der Waals surface area contributed by atoms with Gasteiger partial charge in [-0.2, -0.15) is 0 Å². The first-order valence-electron chi connectivity index (χ1n) is 21.8. The molecule has 47 heavy (non-hydrogen) atoms. The molecule has 0 aromatic carbocycles. The summed E-state index contributed by atoms with van der Waals surface area (Å²) in [4.78, 5) is 12.7. The molecule has 0 N–H and O–H groups in total. The Labute approximate surface area is 293 Å². The minimum absolute atomic E-state index is 0.0916. The molecule has 4 fully saturated rings. The molecule has 0 bridgehead atoms. The molecule has 0 aromatic heterocycles. The predicted octanol–water partition coefficient (Wildman–Crippen LogP) is 13.9. The molecule has 2 nitrogen and oxygen atoms in total. The Kier molecular flexibility index (Phi) is 17.8. The van der Waals surface area contributed by atoms with Crippen LogP contribution in [0.3, 0.4) is 0 Å². The van der Waals surface area contributed by atoms with Crippen LogP contribution < -0.4 is 0 Å². The fraction of sp³-hybridized carbons (Fsp3) is 0.933. The summed E-state index contributed by atoms with van der Waals surface area (Å²) in [7, 11) is 0. The SMILES string of the molecule is CCCCCC/C=C/CCCCCCCCCC(=O)OC1CCC2C(CCC3C2CCC2C(C(C)CCC(CC)C(C)C)CCC23)C1. The average molecular weight is 653 g/mol. The second kappa shape index (κ2) is 21.4. The molecule has 0 amide bonds. The quantitative estimate of drug-likeness (QED) is 0.0661. The van der Waals surface area contributed by atoms with Crippen LogP contribution in [-0.2, 0) is 9.53 Å². The van der Waals surface area contributed by atoms with Crippen LogP contribution in [0.2, 0.25) is 0 Å². The van der Waals surface area contributed by atoms with Crippen molar-refractivity contribution in [3.8, 4) is 0 Å². The molecule has 0 radical (unpaired) electrons. The highest BCUT2D eigenvalue weighted by Crippen LogP contribution is 2.60. The first-order chi connectivity index (χ1) is 22.9. The molecule has 0 saturated heterocycles. The lowest BCUT2D eigenvalue weighted by molar-refractivity contribution is -0.154. The van der Waals surface area contributed by atoms with Crippen LogP contribution in [0.4, 0.5) is 0 Å². The largest absolute Gasteiger partial charge is 0.462 e. The standard InChI is InChI=1S/C45H80O2/c1-6-8-9-10-11-12-13-14-15-16-17-18-19-20-21-22-45(46)47-38-26-28-40-37(33-38)25-27-43-42(40)32-31-41-39(29-30-44(41)43)35(5)23-24-36(7-2)34(3)4/h12-13,34-44H,6-11,14-33H2,1-5H3/b13-12+. The van der Waals surface area contributed by atoms with Crippen molar-refractivity contribution in [1.82, 2.24) is 0 Å². The minimum Gasteiger partial charge on any atom is -0.462 e. The second-order valence-electron chi connectivity index (χ2n) is 17.7. The molecule has 0 spiro atoms. The highest BCUT2D eigenvalue weighted by molar-refractivity contribution is 5.69. The van der Waals surface area contributed by atoms with E-state index in [2.05, 4.69) is 46.8 Å². The molecular formula is C45H80O2. The monoisotopic (exact) mass is 653 g/mol. The van der Waals surface area contributed by atoms with Crippen LogP contribution in [0.25, 0.3) is 0 Å². The molecule has 4 aliphatic rings. The number of allylic oxidation sites excluding steroid dienone is 2. The van der Waals surface area contributed by atoms with Gasteiger partial charge in [-0.25, -0.2) is 0 Å². The molecule has 10 unspecified atom stereocenters. The highest BCUT2D eigenvalue weighted by Gasteiger charge is 2.52. The van der Waals surface area contributed by atoms with Crippen LogP contribution in [0, 0.1) is 59.2 Å². The van der Waals surface area contributed by atoms with E-state index < -0.39 is 0 Å². The number of carbonyl (C=O) groups excluding carboxylic acids is 1. The van der Waals surface area contributed by atoms with E-state index in [0.717, 1.165) is 78.4 Å². The van der Waals surface area contributed by atoms with Gasteiger partial charge in [-0.05, 0) is 155 Å². The summed E-state index contributed by atoms with van der Waals surface area (Å²) in [5, 5.41) is 0. The topological polar surface area (TPSA) is 26.3 Å². The van der Waals surface area contributed by atoms with Crippen molar-refractivity contribution in [3.05, 3.63) is 12.2 Å². The number of ether oxygens (including phenoxy) is 1. The van der Waals surface area contributed by atoms with E-state index in [1.165, 1.54) is 141 Å². The normalized spacial score (nSPS) is 31.8. The van der Waals surface area contributed by atoms with Gasteiger partial charge in [-0.1, -0.05) is 111 Å². The zero-order valence-corrected chi connectivity index (χ0v) is 32.2. The van der Waals surface area contributed by atoms with E-state index in [1.807, 2.05) is 0 Å². The predicted molar refractivity (Wildman–Crippen MR) is 202 cm³/mol. The third-order valence-corrected chi connectivity index (χ3v) is 14.4. The highest BCUT2D eigenvalue weighted by atomic mass is 16.5. The van der Waals surface area contributed by atoms with Gasteiger partial charge in [0.15, 0.2) is 0 Å². The van der Waals surface area contributed by atoms with Gasteiger partial charge in [0.2, 0.25) is 0 Å². The van der Waals surface area contributed by atoms with Crippen LogP contribution in [0.5, 0.6) is 0 Å². The lowest BCUT2D eigenvalue weighted by Crippen LogP contribution is -2.46. The maximum atomic E-state index is 12.7. The third kappa shape index (κ3) is 12.2. The number of unbranched alkanes of at least 4 members (excludes halogenated alkanes) is 11. The van der Waals surface area contributed by atoms with Crippen molar-refractivity contribution in [2.75, 3.05) is 0 Å². The van der Waals surface area contributed by atoms with Gasteiger partial charge in [0, 0.05) is 6.42 Å². The van der Waals surface area contributed by atoms with Crippen LogP contribution >= 0.6 is 0 Å². The third-order valence-electron chi connectivity index (χ3n) is 14.4. The molecule has 272 valence electrons. The van der Waals surface area contributed by atoms with E-state index in [9.17, 15) is 4.79 Å². The molecule has 4 saturated carbocycles. The van der Waals surface area contributed by atoms with Crippen LogP contribution in [-0.4, -0.2) is 12.1 Å². The van der Waals surface area contributed by atoms with Gasteiger partial charge in [0.1, 0.15) is 6.10 Å². The van der Waals surface area contributed by atoms with Crippen molar-refractivity contribution < 1.29 is 9.53 Å². The van der Waals surface area contributed by atoms with Crippen molar-refractivity contribution in [1.29, 1.82) is 0 Å². The number of rotatable bonds is 22. The Hall–Kier alpha value is -0.790. The fourth-order valence-corrected chi connectivity index (χ4v) is 11.6. The Balaban J connectivity index is 1.05. The van der Waals surface area contributed by atoms with Crippen molar-refractivity contribution in [2.45, 2.75) is 208 Å². The molecule has 4 rings (SSSR count). The summed E-state index contributed by atoms with van der Waals surface area (Å²) in [6, 6.07) is 0. The molecule has 0 heterocycles. The number of carbonyl (C=O) groups is 1. The molecule has 4 aliphatic carbocycles. The van der Waals surface area contributed by atoms with Crippen molar-refractivity contribution in [2.24, 2.45) is 59.2 Å². The summed E-state index contributed by atoms with van der Waals surface area (Å²) < 4.78 is 6.12. The minimum atomic E-state index is 0.0916. The Bertz CT molecular complexity index is 875. The van der Waals surface area contributed by atoms with E-state index in [1.54, 1.807) is 0 Å². The zero-order chi connectivity index (χ0) is 33.4. The molecule has 0 aromatic rings. The molecule has 2 heteroatoms. The summed E-state index contributed by atoms with van der Waals surface area (Å²) in [6.45, 7) is 12.2. The maximum absolute atomic E-state index is 12.7. The number of fused-ring (bicyclic) bond motifs is 5. The number of hydrogen-bond acceptors (Lipinski definition) is 2. The summed E-state index contributed by atoms with van der Waals surface area (Å²) >= 11 is 0. The maximum Gasteiger partial charge on any atom is 0.306 e. The van der Waals surface area contributed by atoms with E-state index in [0.29, 0.717) is 6.42 Å².